The second-order valence-electron chi connectivity index (χ2n) is 3.22. The molecule has 0 spiro atoms. The minimum atomic E-state index is -0.478. The molecule has 82 valence electrons. The summed E-state index contributed by atoms with van der Waals surface area (Å²) in [6.45, 7) is 0.505. The van der Waals surface area contributed by atoms with Crippen molar-refractivity contribution in [2.24, 2.45) is 0 Å². The summed E-state index contributed by atoms with van der Waals surface area (Å²) in [7, 11) is 1.32. The quantitative estimate of drug-likeness (QED) is 0.723. The van der Waals surface area contributed by atoms with E-state index in [4.69, 9.17) is 0 Å². The summed E-state index contributed by atoms with van der Waals surface area (Å²) >= 11 is 0. The molecule has 1 aromatic carbocycles. The second kappa shape index (κ2) is 4.57. The fraction of sp³-hybridized carbons (Fsp3) is 0.182. The van der Waals surface area contributed by atoms with Crippen LogP contribution in [0, 0.1) is 0 Å². The van der Waals surface area contributed by atoms with E-state index in [9.17, 15) is 4.79 Å². The summed E-state index contributed by atoms with van der Waals surface area (Å²) in [4.78, 5) is 15.2. The van der Waals surface area contributed by atoms with E-state index < -0.39 is 5.97 Å². The van der Waals surface area contributed by atoms with E-state index >= 15 is 0 Å². The second-order valence-corrected chi connectivity index (χ2v) is 3.22. The molecule has 0 aliphatic rings. The molecule has 0 saturated carbocycles. The van der Waals surface area contributed by atoms with Gasteiger partial charge in [-0.15, -0.1) is 0 Å². The topological polar surface area (TPSA) is 57.0 Å². The molecule has 0 amide bonds. The number of nitrogens with zero attached hydrogens (tertiary/aromatic N) is 3. The lowest BCUT2D eigenvalue weighted by Gasteiger charge is -2.04. The van der Waals surface area contributed by atoms with Crippen molar-refractivity contribution in [1.82, 2.24) is 14.8 Å². The summed E-state index contributed by atoms with van der Waals surface area (Å²) in [5.74, 6) is -0.264. The Morgan fingerprint density at radius 3 is 2.81 bits per heavy atom. The molecule has 1 heterocycles. The lowest BCUT2D eigenvalue weighted by molar-refractivity contribution is 0.0580. The van der Waals surface area contributed by atoms with Crippen LogP contribution in [0.5, 0.6) is 0 Å². The number of carbonyl (C=O) groups is 1. The number of aromatic nitrogens is 3. The van der Waals surface area contributed by atoms with Crippen molar-refractivity contribution in [3.63, 3.8) is 0 Å². The molecule has 5 nitrogen and oxygen atoms in total. The van der Waals surface area contributed by atoms with Gasteiger partial charge in [0, 0.05) is 0 Å². The van der Waals surface area contributed by atoms with Crippen LogP contribution < -0.4 is 0 Å². The molecule has 2 aromatic rings. The Labute approximate surface area is 92.7 Å². The maximum atomic E-state index is 11.3. The number of hydrogen-bond donors (Lipinski definition) is 0. The molecule has 0 unspecified atom stereocenters. The number of rotatable bonds is 3. The Morgan fingerprint density at radius 2 is 2.12 bits per heavy atom. The van der Waals surface area contributed by atoms with Crippen molar-refractivity contribution in [3.05, 3.63) is 48.0 Å². The average Bonchev–Trinajstić information content (AvgIpc) is 2.77. The molecule has 0 atom stereocenters. The molecule has 5 heteroatoms. The minimum absolute atomic E-state index is 0.214. The zero-order valence-electron chi connectivity index (χ0n) is 8.83. The molecular weight excluding hydrogens is 206 g/mol. The fourth-order valence-corrected chi connectivity index (χ4v) is 1.39. The van der Waals surface area contributed by atoms with Crippen LogP contribution in [0.15, 0.2) is 36.7 Å². The molecular formula is C11H11N3O2. The summed E-state index contributed by atoms with van der Waals surface area (Å²) in [5.41, 5.74) is 1.05. The van der Waals surface area contributed by atoms with Crippen LogP contribution in [0.2, 0.25) is 0 Å². The monoisotopic (exact) mass is 217 g/mol. The van der Waals surface area contributed by atoms with Gasteiger partial charge in [0.25, 0.3) is 0 Å². The zero-order chi connectivity index (χ0) is 11.4. The molecule has 2 rings (SSSR count). The van der Waals surface area contributed by atoms with Gasteiger partial charge in [-0.2, -0.15) is 5.10 Å². The molecule has 0 bridgehead atoms. The Morgan fingerprint density at radius 1 is 1.38 bits per heavy atom. The van der Waals surface area contributed by atoms with Gasteiger partial charge in [-0.1, -0.05) is 30.3 Å². The van der Waals surface area contributed by atoms with E-state index in [0.717, 1.165) is 5.56 Å². The number of benzene rings is 1. The van der Waals surface area contributed by atoms with Crippen LogP contribution in [-0.2, 0) is 11.3 Å². The van der Waals surface area contributed by atoms with E-state index in [2.05, 4.69) is 14.8 Å². The van der Waals surface area contributed by atoms with Gasteiger partial charge in [-0.05, 0) is 5.56 Å². The molecule has 0 radical (unpaired) electrons. The fourth-order valence-electron chi connectivity index (χ4n) is 1.39. The van der Waals surface area contributed by atoms with Crippen molar-refractivity contribution in [3.8, 4) is 0 Å². The Hall–Kier alpha value is -2.17. The maximum absolute atomic E-state index is 11.3. The van der Waals surface area contributed by atoms with E-state index in [-0.39, 0.29) is 5.82 Å². The first-order chi connectivity index (χ1) is 7.81. The Balaban J connectivity index is 2.22. The van der Waals surface area contributed by atoms with Gasteiger partial charge < -0.3 is 4.74 Å². The molecule has 0 aliphatic heterocycles. The predicted octanol–water partition coefficient (Wildman–Crippen LogP) is 1.11. The molecule has 0 aliphatic carbocycles. The lowest BCUT2D eigenvalue weighted by Crippen LogP contribution is -2.13. The van der Waals surface area contributed by atoms with Gasteiger partial charge in [0.15, 0.2) is 0 Å². The van der Waals surface area contributed by atoms with Crippen molar-refractivity contribution in [1.29, 1.82) is 0 Å². The maximum Gasteiger partial charge on any atom is 0.375 e. The van der Waals surface area contributed by atoms with Gasteiger partial charge in [0.05, 0.1) is 13.7 Å². The normalized spacial score (nSPS) is 10.1. The molecule has 0 N–H and O–H groups in total. The van der Waals surface area contributed by atoms with Crippen LogP contribution in [0.4, 0.5) is 0 Å². The summed E-state index contributed by atoms with van der Waals surface area (Å²) in [6.07, 6.45) is 1.34. The number of hydrogen-bond acceptors (Lipinski definition) is 4. The van der Waals surface area contributed by atoms with Gasteiger partial charge in [-0.25, -0.2) is 14.5 Å². The highest BCUT2D eigenvalue weighted by molar-refractivity contribution is 5.85. The van der Waals surface area contributed by atoms with Crippen LogP contribution in [0.3, 0.4) is 0 Å². The average molecular weight is 217 g/mol. The Kier molecular flexibility index (Phi) is 2.95. The van der Waals surface area contributed by atoms with E-state index in [1.165, 1.54) is 18.1 Å². The number of ether oxygens (including phenoxy) is 1. The van der Waals surface area contributed by atoms with Crippen molar-refractivity contribution in [2.45, 2.75) is 6.54 Å². The van der Waals surface area contributed by atoms with E-state index in [0.29, 0.717) is 6.54 Å². The van der Waals surface area contributed by atoms with Gasteiger partial charge >= 0.3 is 5.97 Å². The van der Waals surface area contributed by atoms with Gasteiger partial charge in [0.2, 0.25) is 5.82 Å². The van der Waals surface area contributed by atoms with Crippen molar-refractivity contribution >= 4 is 5.97 Å². The van der Waals surface area contributed by atoms with Gasteiger partial charge in [-0.3, -0.25) is 0 Å². The third kappa shape index (κ3) is 2.08. The third-order valence-corrected chi connectivity index (χ3v) is 2.16. The minimum Gasteiger partial charge on any atom is -0.463 e. The number of esters is 1. The van der Waals surface area contributed by atoms with Crippen LogP contribution in [0.1, 0.15) is 16.2 Å². The SMILES string of the molecule is COC(=O)c1ncnn1Cc1ccccc1. The predicted molar refractivity (Wildman–Crippen MR) is 56.9 cm³/mol. The first-order valence-electron chi connectivity index (χ1n) is 4.81. The first kappa shape index (κ1) is 10.4. The van der Waals surface area contributed by atoms with Crippen LogP contribution in [-0.4, -0.2) is 27.8 Å². The standard InChI is InChI=1S/C11H11N3O2/c1-16-11(15)10-12-8-13-14(10)7-9-5-3-2-4-6-9/h2-6,8H,7H2,1H3. The molecule has 0 fully saturated rings. The Bertz CT molecular complexity index is 479. The zero-order valence-corrected chi connectivity index (χ0v) is 8.83. The number of methoxy groups -OCH3 is 1. The largest absolute Gasteiger partial charge is 0.463 e. The highest BCUT2D eigenvalue weighted by atomic mass is 16.5. The molecule has 16 heavy (non-hydrogen) atoms. The van der Waals surface area contributed by atoms with Gasteiger partial charge in [0.1, 0.15) is 6.33 Å². The lowest BCUT2D eigenvalue weighted by atomic mass is 10.2. The van der Waals surface area contributed by atoms with E-state index in [1.807, 2.05) is 30.3 Å². The molecule has 0 saturated heterocycles. The smallest absolute Gasteiger partial charge is 0.375 e. The molecule has 1 aromatic heterocycles. The number of carbonyl (C=O) groups excluding carboxylic acids is 1. The third-order valence-electron chi connectivity index (χ3n) is 2.16. The summed E-state index contributed by atoms with van der Waals surface area (Å²) < 4.78 is 6.13. The van der Waals surface area contributed by atoms with Crippen molar-refractivity contribution < 1.29 is 9.53 Å². The van der Waals surface area contributed by atoms with Crippen molar-refractivity contribution in [2.75, 3.05) is 7.11 Å². The highest BCUT2D eigenvalue weighted by Gasteiger charge is 2.13. The van der Waals surface area contributed by atoms with E-state index in [1.54, 1.807) is 0 Å². The first-order valence-corrected chi connectivity index (χ1v) is 4.81. The van der Waals surface area contributed by atoms with Crippen LogP contribution in [0.25, 0.3) is 0 Å². The summed E-state index contributed by atoms with van der Waals surface area (Å²) in [6, 6.07) is 9.73. The summed E-state index contributed by atoms with van der Waals surface area (Å²) in [5, 5.41) is 3.99. The highest BCUT2D eigenvalue weighted by Crippen LogP contribution is 2.04. The van der Waals surface area contributed by atoms with Crippen LogP contribution >= 0.6 is 0 Å².